The molecule has 0 aromatic rings. The number of rotatable bonds is 9. The smallest absolute Gasteiger partial charge is 0.306 e. The standard InChI is InChI=1S/C24H40O5/c1-2-3-4-7-10-14-24(27-16-17-28-24)15-13-19-20-11-8-5-6-9-12-23(26)29-22(20)18-21(19)25/h5,8,19-22,25H,2-4,6-7,9-18H2,1H3/b8-5-/t19-,20-,21-,22+/m1/s1. The number of esters is 1. The van der Waals surface area contributed by atoms with Crippen molar-refractivity contribution >= 4 is 5.97 Å². The van der Waals surface area contributed by atoms with Gasteiger partial charge in [-0.15, -0.1) is 0 Å². The zero-order chi connectivity index (χ0) is 20.5. The van der Waals surface area contributed by atoms with Gasteiger partial charge >= 0.3 is 5.97 Å². The van der Waals surface area contributed by atoms with Gasteiger partial charge in [0.25, 0.3) is 0 Å². The predicted octanol–water partition coefficient (Wildman–Crippen LogP) is 4.91. The molecule has 1 saturated heterocycles. The molecule has 2 heterocycles. The minimum Gasteiger partial charge on any atom is -0.462 e. The van der Waals surface area contributed by atoms with Gasteiger partial charge in [0, 0.05) is 31.6 Å². The second kappa shape index (κ2) is 11.5. The number of unbranched alkanes of at least 4 members (excludes halogenated alkanes) is 4. The van der Waals surface area contributed by atoms with E-state index < -0.39 is 11.9 Å². The van der Waals surface area contributed by atoms with Gasteiger partial charge in [0.05, 0.1) is 19.3 Å². The minimum atomic E-state index is -0.480. The fourth-order valence-electron chi connectivity index (χ4n) is 5.28. The summed E-state index contributed by atoms with van der Waals surface area (Å²) in [5.74, 6) is -0.283. The third-order valence-corrected chi connectivity index (χ3v) is 6.94. The topological polar surface area (TPSA) is 65.0 Å². The van der Waals surface area contributed by atoms with Gasteiger partial charge in [-0.2, -0.15) is 0 Å². The average molecular weight is 409 g/mol. The number of aliphatic hydroxyl groups is 1. The highest BCUT2D eigenvalue weighted by Crippen LogP contribution is 2.43. The molecular formula is C24H40O5. The molecule has 1 N–H and O–H groups in total. The number of allylic oxidation sites excluding steroid dienone is 2. The summed E-state index contributed by atoms with van der Waals surface area (Å²) in [6, 6.07) is 0. The van der Waals surface area contributed by atoms with Crippen molar-refractivity contribution in [2.24, 2.45) is 11.8 Å². The lowest BCUT2D eigenvalue weighted by Crippen LogP contribution is -2.33. The Morgan fingerprint density at radius 1 is 1.10 bits per heavy atom. The first-order chi connectivity index (χ1) is 14.1. The molecule has 2 fully saturated rings. The van der Waals surface area contributed by atoms with Crippen LogP contribution in [-0.2, 0) is 19.0 Å². The maximum absolute atomic E-state index is 12.1. The van der Waals surface area contributed by atoms with Gasteiger partial charge in [0.1, 0.15) is 6.10 Å². The van der Waals surface area contributed by atoms with Gasteiger partial charge in [0.15, 0.2) is 5.79 Å². The van der Waals surface area contributed by atoms with Gasteiger partial charge in [-0.3, -0.25) is 4.79 Å². The van der Waals surface area contributed by atoms with Crippen LogP contribution in [0.4, 0.5) is 0 Å². The zero-order valence-electron chi connectivity index (χ0n) is 18.2. The van der Waals surface area contributed by atoms with E-state index in [0.717, 1.165) is 44.9 Å². The number of hydrogen-bond acceptors (Lipinski definition) is 5. The summed E-state index contributed by atoms with van der Waals surface area (Å²) in [5.41, 5.74) is 0. The summed E-state index contributed by atoms with van der Waals surface area (Å²) in [4.78, 5) is 12.1. The first kappa shape index (κ1) is 22.8. The second-order valence-electron chi connectivity index (χ2n) is 9.07. The summed E-state index contributed by atoms with van der Waals surface area (Å²) < 4.78 is 17.9. The Morgan fingerprint density at radius 3 is 2.69 bits per heavy atom. The van der Waals surface area contributed by atoms with E-state index in [1.165, 1.54) is 25.7 Å². The third-order valence-electron chi connectivity index (χ3n) is 6.94. The summed E-state index contributed by atoms with van der Waals surface area (Å²) in [5, 5.41) is 10.8. The fraction of sp³-hybridized carbons (Fsp3) is 0.875. The van der Waals surface area contributed by atoms with Crippen LogP contribution in [0.1, 0.15) is 90.4 Å². The number of fused-ring (bicyclic) bond motifs is 1. The Hall–Kier alpha value is -0.910. The molecule has 5 heteroatoms. The van der Waals surface area contributed by atoms with Crippen LogP contribution in [0.3, 0.4) is 0 Å². The van der Waals surface area contributed by atoms with Crippen LogP contribution in [0.15, 0.2) is 12.2 Å². The SMILES string of the molecule is CCCCCCCC1(CC[C@@H]2[C@H]3C/C=C\CCCC(=O)O[C@H]3C[C@H]2O)OCCO1. The highest BCUT2D eigenvalue weighted by Gasteiger charge is 2.46. The molecule has 166 valence electrons. The molecule has 0 bridgehead atoms. The number of ether oxygens (including phenoxy) is 3. The van der Waals surface area contributed by atoms with E-state index in [9.17, 15) is 9.90 Å². The molecule has 1 aliphatic carbocycles. The fourth-order valence-corrected chi connectivity index (χ4v) is 5.28. The van der Waals surface area contributed by atoms with Crippen molar-refractivity contribution in [3.8, 4) is 0 Å². The Kier molecular flexibility index (Phi) is 9.01. The number of hydrogen-bond donors (Lipinski definition) is 1. The van der Waals surface area contributed by atoms with Gasteiger partial charge < -0.3 is 19.3 Å². The van der Waals surface area contributed by atoms with E-state index in [4.69, 9.17) is 14.2 Å². The number of carbonyl (C=O) groups is 1. The van der Waals surface area contributed by atoms with E-state index >= 15 is 0 Å². The molecule has 2 aliphatic heterocycles. The van der Waals surface area contributed by atoms with Crippen LogP contribution in [0.25, 0.3) is 0 Å². The normalized spacial score (nSPS) is 33.2. The number of carbonyl (C=O) groups excluding carboxylic acids is 1. The van der Waals surface area contributed by atoms with Crippen LogP contribution < -0.4 is 0 Å². The largest absolute Gasteiger partial charge is 0.462 e. The van der Waals surface area contributed by atoms with Gasteiger partial charge in [-0.05, 0) is 38.0 Å². The van der Waals surface area contributed by atoms with Gasteiger partial charge in [-0.1, -0.05) is 44.8 Å². The molecule has 0 aromatic heterocycles. The van der Waals surface area contributed by atoms with Crippen molar-refractivity contribution in [2.45, 2.75) is 108 Å². The van der Waals surface area contributed by atoms with Crippen molar-refractivity contribution < 1.29 is 24.1 Å². The quantitative estimate of drug-likeness (QED) is 0.334. The highest BCUT2D eigenvalue weighted by molar-refractivity contribution is 5.69. The molecule has 29 heavy (non-hydrogen) atoms. The van der Waals surface area contributed by atoms with E-state index in [1.54, 1.807) is 0 Å². The average Bonchev–Trinajstić information content (AvgIpc) is 3.28. The molecule has 0 unspecified atom stereocenters. The van der Waals surface area contributed by atoms with Crippen molar-refractivity contribution in [1.29, 1.82) is 0 Å². The summed E-state index contributed by atoms with van der Waals surface area (Å²) in [7, 11) is 0. The van der Waals surface area contributed by atoms with Crippen LogP contribution in [0, 0.1) is 11.8 Å². The van der Waals surface area contributed by atoms with Crippen LogP contribution in [0.5, 0.6) is 0 Å². The lowest BCUT2D eigenvalue weighted by molar-refractivity contribution is -0.172. The predicted molar refractivity (Wildman–Crippen MR) is 112 cm³/mol. The summed E-state index contributed by atoms with van der Waals surface area (Å²) >= 11 is 0. The van der Waals surface area contributed by atoms with Crippen molar-refractivity contribution in [3.63, 3.8) is 0 Å². The molecule has 0 spiro atoms. The second-order valence-corrected chi connectivity index (χ2v) is 9.07. The Bertz CT molecular complexity index is 525. The molecule has 0 aromatic carbocycles. The van der Waals surface area contributed by atoms with Crippen LogP contribution in [-0.4, -0.2) is 42.3 Å². The lowest BCUT2D eigenvalue weighted by Gasteiger charge is -2.31. The maximum atomic E-state index is 12.1. The third kappa shape index (κ3) is 6.53. The molecule has 0 amide bonds. The van der Waals surface area contributed by atoms with E-state index in [2.05, 4.69) is 19.1 Å². The minimum absolute atomic E-state index is 0.117. The monoisotopic (exact) mass is 408 g/mol. The van der Waals surface area contributed by atoms with Crippen molar-refractivity contribution in [2.75, 3.05) is 13.2 Å². The Balaban J connectivity index is 1.57. The lowest BCUT2D eigenvalue weighted by atomic mass is 9.84. The van der Waals surface area contributed by atoms with E-state index in [1.807, 2.05) is 0 Å². The Labute approximate surface area is 176 Å². The summed E-state index contributed by atoms with van der Waals surface area (Å²) in [6.07, 6.45) is 16.2. The van der Waals surface area contributed by atoms with Crippen LogP contribution >= 0.6 is 0 Å². The number of aliphatic hydroxyl groups excluding tert-OH is 1. The van der Waals surface area contributed by atoms with Crippen LogP contribution in [0.2, 0.25) is 0 Å². The van der Waals surface area contributed by atoms with Crippen molar-refractivity contribution in [3.05, 3.63) is 12.2 Å². The maximum Gasteiger partial charge on any atom is 0.306 e. The zero-order valence-corrected chi connectivity index (χ0v) is 18.2. The first-order valence-corrected chi connectivity index (χ1v) is 11.9. The van der Waals surface area contributed by atoms with Crippen molar-refractivity contribution in [1.82, 2.24) is 0 Å². The van der Waals surface area contributed by atoms with E-state index in [-0.39, 0.29) is 23.9 Å². The Morgan fingerprint density at radius 2 is 1.90 bits per heavy atom. The molecule has 0 radical (unpaired) electrons. The van der Waals surface area contributed by atoms with Gasteiger partial charge in [-0.25, -0.2) is 0 Å². The molecule has 3 rings (SSSR count). The molecular weight excluding hydrogens is 368 g/mol. The highest BCUT2D eigenvalue weighted by atomic mass is 16.7. The first-order valence-electron chi connectivity index (χ1n) is 11.9. The molecule has 3 aliphatic rings. The molecule has 1 saturated carbocycles. The molecule has 5 nitrogen and oxygen atoms in total. The van der Waals surface area contributed by atoms with Gasteiger partial charge in [0.2, 0.25) is 0 Å². The summed E-state index contributed by atoms with van der Waals surface area (Å²) in [6.45, 7) is 3.56. The molecule has 4 atom stereocenters. The van der Waals surface area contributed by atoms with E-state index in [0.29, 0.717) is 26.1 Å².